The van der Waals surface area contributed by atoms with Crippen molar-refractivity contribution in [3.8, 4) is 22.8 Å². The molecule has 21 heavy (non-hydrogen) atoms. The van der Waals surface area contributed by atoms with E-state index >= 15 is 0 Å². The number of ketones is 1. The maximum Gasteiger partial charge on any atom is 0.197 e. The molecular weight excluding hydrogens is 262 g/mol. The second kappa shape index (κ2) is 4.31. The Kier molecular flexibility index (Phi) is 2.44. The minimum Gasteiger partial charge on any atom is -0.288 e. The van der Waals surface area contributed by atoms with Crippen LogP contribution in [0.15, 0.2) is 48.7 Å². The maximum absolute atomic E-state index is 12.3. The van der Waals surface area contributed by atoms with Gasteiger partial charge in [0.05, 0.1) is 11.3 Å². The third kappa shape index (κ3) is 1.76. The van der Waals surface area contributed by atoms with Crippen molar-refractivity contribution in [2.45, 2.75) is 6.92 Å². The molecule has 0 atom stereocenters. The van der Waals surface area contributed by atoms with Gasteiger partial charge in [0.1, 0.15) is 5.69 Å². The molecule has 0 amide bonds. The first kappa shape index (κ1) is 11.9. The van der Waals surface area contributed by atoms with E-state index in [0.29, 0.717) is 22.6 Å². The first-order chi connectivity index (χ1) is 10.2. The number of nitrogens with zero attached hydrogens (tertiary/aromatic N) is 3. The lowest BCUT2D eigenvalue weighted by Gasteiger charge is -2.03. The van der Waals surface area contributed by atoms with Crippen molar-refractivity contribution >= 4 is 5.78 Å². The fraction of sp³-hybridized carbons (Fsp3) is 0.0588. The lowest BCUT2D eigenvalue weighted by Crippen LogP contribution is -1.99. The van der Waals surface area contributed by atoms with Gasteiger partial charge in [-0.1, -0.05) is 30.3 Å². The van der Waals surface area contributed by atoms with Crippen LogP contribution in [0.25, 0.3) is 22.8 Å². The molecule has 0 saturated carbocycles. The van der Waals surface area contributed by atoms with Crippen LogP contribution in [-0.2, 0) is 0 Å². The molecule has 0 unspecified atom stereocenters. The van der Waals surface area contributed by atoms with Crippen LogP contribution >= 0.6 is 0 Å². The average Bonchev–Trinajstić information content (AvgIpc) is 2.81. The second-order valence-corrected chi connectivity index (χ2v) is 4.99. The predicted molar refractivity (Wildman–Crippen MR) is 78.9 cm³/mol. The summed E-state index contributed by atoms with van der Waals surface area (Å²) in [5.74, 6) is 0.534. The molecule has 1 aromatic carbocycles. The number of carbonyl (C=O) groups excluding carboxylic acids is 1. The molecule has 0 N–H and O–H groups in total. The average molecular weight is 273 g/mol. The zero-order valence-corrected chi connectivity index (χ0v) is 11.4. The summed E-state index contributed by atoms with van der Waals surface area (Å²) in [5.41, 5.74) is 4.45. The van der Waals surface area contributed by atoms with Crippen molar-refractivity contribution < 1.29 is 4.79 Å². The highest BCUT2D eigenvalue weighted by Gasteiger charge is 2.28. The highest BCUT2D eigenvalue weighted by atomic mass is 16.1. The molecule has 0 aliphatic heterocycles. The van der Waals surface area contributed by atoms with Gasteiger partial charge in [0.25, 0.3) is 0 Å². The second-order valence-electron chi connectivity index (χ2n) is 4.99. The molecule has 3 aromatic rings. The first-order valence-corrected chi connectivity index (χ1v) is 6.69. The van der Waals surface area contributed by atoms with Gasteiger partial charge < -0.3 is 0 Å². The molecule has 1 aliphatic carbocycles. The Morgan fingerprint density at radius 1 is 0.857 bits per heavy atom. The van der Waals surface area contributed by atoms with E-state index in [2.05, 4.69) is 15.0 Å². The molecular formula is C17H11N3O. The Labute approximate surface area is 121 Å². The summed E-state index contributed by atoms with van der Waals surface area (Å²) in [5, 5.41) is 0. The van der Waals surface area contributed by atoms with E-state index < -0.39 is 0 Å². The van der Waals surface area contributed by atoms with Gasteiger partial charge in [0.2, 0.25) is 0 Å². The third-order valence-corrected chi connectivity index (χ3v) is 3.58. The summed E-state index contributed by atoms with van der Waals surface area (Å²) in [6.07, 6.45) is 1.60. The topological polar surface area (TPSA) is 55.7 Å². The molecule has 4 nitrogen and oxygen atoms in total. The number of aryl methyl sites for hydroxylation is 1. The van der Waals surface area contributed by atoms with Crippen molar-refractivity contribution in [2.24, 2.45) is 0 Å². The van der Waals surface area contributed by atoms with Crippen molar-refractivity contribution in [2.75, 3.05) is 0 Å². The molecule has 0 saturated heterocycles. The van der Waals surface area contributed by atoms with E-state index in [9.17, 15) is 4.79 Å². The number of aromatic nitrogens is 3. The van der Waals surface area contributed by atoms with Gasteiger partial charge in [-0.3, -0.25) is 4.79 Å². The maximum atomic E-state index is 12.3. The summed E-state index contributed by atoms with van der Waals surface area (Å²) in [6.45, 7) is 1.93. The summed E-state index contributed by atoms with van der Waals surface area (Å²) < 4.78 is 0. The molecule has 1 aliphatic rings. The van der Waals surface area contributed by atoms with Crippen LogP contribution in [0.2, 0.25) is 0 Å². The van der Waals surface area contributed by atoms with E-state index in [1.165, 1.54) is 0 Å². The highest BCUT2D eigenvalue weighted by molar-refractivity contribution is 6.20. The number of rotatable bonds is 1. The molecule has 4 heteroatoms. The van der Waals surface area contributed by atoms with E-state index in [-0.39, 0.29) is 5.78 Å². The van der Waals surface area contributed by atoms with Gasteiger partial charge in [0, 0.05) is 23.0 Å². The van der Waals surface area contributed by atoms with Crippen molar-refractivity contribution in [1.82, 2.24) is 15.0 Å². The zero-order valence-electron chi connectivity index (χ0n) is 11.4. The van der Waals surface area contributed by atoms with Crippen molar-refractivity contribution in [3.63, 3.8) is 0 Å². The Morgan fingerprint density at radius 3 is 2.48 bits per heavy atom. The van der Waals surface area contributed by atoms with E-state index in [1.54, 1.807) is 6.20 Å². The smallest absolute Gasteiger partial charge is 0.197 e. The molecule has 0 spiro atoms. The number of pyridine rings is 1. The molecule has 0 fully saturated rings. The van der Waals surface area contributed by atoms with Gasteiger partial charge >= 0.3 is 0 Å². The Bertz CT molecular complexity index is 887. The minimum atomic E-state index is -0.00986. The lowest BCUT2D eigenvalue weighted by atomic mass is 10.1. The molecule has 0 bridgehead atoms. The van der Waals surface area contributed by atoms with E-state index in [1.807, 2.05) is 49.4 Å². The van der Waals surface area contributed by atoms with Crippen LogP contribution in [0.5, 0.6) is 0 Å². The van der Waals surface area contributed by atoms with Crippen LogP contribution in [0, 0.1) is 6.92 Å². The van der Waals surface area contributed by atoms with Crippen LogP contribution < -0.4 is 0 Å². The van der Waals surface area contributed by atoms with Crippen molar-refractivity contribution in [1.29, 1.82) is 0 Å². The molecule has 2 heterocycles. The predicted octanol–water partition coefficient (Wildman–Crippen LogP) is 3.06. The zero-order chi connectivity index (χ0) is 14.4. The summed E-state index contributed by atoms with van der Waals surface area (Å²) in [6, 6.07) is 13.2. The molecule has 2 aromatic heterocycles. The fourth-order valence-corrected chi connectivity index (χ4v) is 2.58. The van der Waals surface area contributed by atoms with Gasteiger partial charge in [0.15, 0.2) is 11.6 Å². The van der Waals surface area contributed by atoms with Crippen LogP contribution in [0.1, 0.15) is 21.6 Å². The van der Waals surface area contributed by atoms with Gasteiger partial charge in [-0.2, -0.15) is 0 Å². The van der Waals surface area contributed by atoms with E-state index in [4.69, 9.17) is 0 Å². The Morgan fingerprint density at radius 2 is 1.67 bits per heavy atom. The Hall–Kier alpha value is -2.88. The minimum absolute atomic E-state index is 0.00986. The van der Waals surface area contributed by atoms with E-state index in [0.717, 1.165) is 17.0 Å². The lowest BCUT2D eigenvalue weighted by molar-refractivity contribution is 0.104. The fourth-order valence-electron chi connectivity index (χ4n) is 2.58. The summed E-state index contributed by atoms with van der Waals surface area (Å²) in [7, 11) is 0. The number of benzene rings is 1. The quantitative estimate of drug-likeness (QED) is 0.535. The number of hydrogen-bond donors (Lipinski definition) is 0. The summed E-state index contributed by atoms with van der Waals surface area (Å²) in [4.78, 5) is 25.6. The monoisotopic (exact) mass is 273 g/mol. The number of fused-ring (bicyclic) bond motifs is 3. The van der Waals surface area contributed by atoms with Crippen LogP contribution in [-0.4, -0.2) is 20.7 Å². The van der Waals surface area contributed by atoms with Crippen LogP contribution in [0.4, 0.5) is 0 Å². The standard InChI is InChI=1S/C17H11N3O/c1-10-5-4-8-14(19-10)17-18-9-13-15(20-17)11-6-2-3-7-12(11)16(13)21/h2-9H,1H3. The molecule has 0 radical (unpaired) electrons. The largest absolute Gasteiger partial charge is 0.288 e. The first-order valence-electron chi connectivity index (χ1n) is 6.69. The SMILES string of the molecule is Cc1cccc(-c2ncc3c(n2)-c2ccccc2C3=O)n1. The normalized spacial score (nSPS) is 12.1. The number of carbonyl (C=O) groups is 1. The third-order valence-electron chi connectivity index (χ3n) is 3.58. The summed E-state index contributed by atoms with van der Waals surface area (Å²) >= 11 is 0. The van der Waals surface area contributed by atoms with Gasteiger partial charge in [-0.25, -0.2) is 15.0 Å². The van der Waals surface area contributed by atoms with Gasteiger partial charge in [-0.05, 0) is 19.1 Å². The van der Waals surface area contributed by atoms with Gasteiger partial charge in [-0.15, -0.1) is 0 Å². The Balaban J connectivity index is 1.93. The number of hydrogen-bond acceptors (Lipinski definition) is 4. The highest BCUT2D eigenvalue weighted by Crippen LogP contribution is 2.35. The van der Waals surface area contributed by atoms with Crippen LogP contribution in [0.3, 0.4) is 0 Å². The molecule has 100 valence electrons. The molecule has 4 rings (SSSR count). The van der Waals surface area contributed by atoms with Crippen molar-refractivity contribution in [3.05, 3.63) is 65.5 Å².